The minimum Gasteiger partial charge on any atom is -0.497 e. The molecular formula is C24H33NO5. The third kappa shape index (κ3) is 5.23. The number of hydrogen-bond acceptors (Lipinski definition) is 6. The van der Waals surface area contributed by atoms with Crippen LogP contribution in [0.1, 0.15) is 59.9 Å². The number of rotatable bonds is 7. The molecule has 1 aromatic carbocycles. The van der Waals surface area contributed by atoms with E-state index in [4.69, 9.17) is 14.2 Å². The van der Waals surface area contributed by atoms with Crippen molar-refractivity contribution in [2.24, 2.45) is 5.92 Å². The maximum atomic E-state index is 13.1. The summed E-state index contributed by atoms with van der Waals surface area (Å²) in [5.41, 5.74) is 3.20. The van der Waals surface area contributed by atoms with Crippen LogP contribution in [0.25, 0.3) is 0 Å². The summed E-state index contributed by atoms with van der Waals surface area (Å²) in [6, 6.07) is 7.66. The van der Waals surface area contributed by atoms with E-state index in [1.807, 2.05) is 45.0 Å². The van der Waals surface area contributed by atoms with Crippen LogP contribution in [0.15, 0.2) is 46.8 Å². The number of hydrogen-bond donors (Lipinski definition) is 1. The van der Waals surface area contributed by atoms with Gasteiger partial charge in [-0.05, 0) is 65.2 Å². The number of ether oxygens (including phenoxy) is 3. The van der Waals surface area contributed by atoms with Gasteiger partial charge in [0.2, 0.25) is 0 Å². The smallest absolute Gasteiger partial charge is 0.336 e. The van der Waals surface area contributed by atoms with Crippen molar-refractivity contribution in [1.82, 2.24) is 5.32 Å². The molecule has 1 atom stereocenters. The van der Waals surface area contributed by atoms with E-state index < -0.39 is 17.9 Å². The molecule has 0 aromatic heterocycles. The average molecular weight is 416 g/mol. The first-order valence-corrected chi connectivity index (χ1v) is 10.3. The normalized spacial score (nSPS) is 15.9. The van der Waals surface area contributed by atoms with Crippen LogP contribution < -0.4 is 10.1 Å². The fourth-order valence-corrected chi connectivity index (χ4v) is 3.76. The summed E-state index contributed by atoms with van der Waals surface area (Å²) in [6.07, 6.45) is -0.549. The molecule has 0 spiro atoms. The summed E-state index contributed by atoms with van der Waals surface area (Å²) in [5.74, 6) is -0.867. The highest BCUT2D eigenvalue weighted by Crippen LogP contribution is 2.42. The molecule has 1 heterocycles. The van der Waals surface area contributed by atoms with Gasteiger partial charge in [0.05, 0.1) is 30.5 Å². The number of carbonyl (C=O) groups is 2. The van der Waals surface area contributed by atoms with Gasteiger partial charge in [-0.3, -0.25) is 0 Å². The second-order valence-electron chi connectivity index (χ2n) is 8.15. The first-order chi connectivity index (χ1) is 14.1. The van der Waals surface area contributed by atoms with Crippen molar-refractivity contribution >= 4 is 11.9 Å². The lowest BCUT2D eigenvalue weighted by atomic mass is 9.74. The highest BCUT2D eigenvalue weighted by Gasteiger charge is 2.41. The average Bonchev–Trinajstić information content (AvgIpc) is 2.65. The molecule has 164 valence electrons. The maximum absolute atomic E-state index is 13.1. The lowest BCUT2D eigenvalue weighted by Crippen LogP contribution is -2.37. The lowest BCUT2D eigenvalue weighted by molar-refractivity contribution is -0.144. The van der Waals surface area contributed by atoms with Crippen LogP contribution in [0, 0.1) is 5.92 Å². The monoisotopic (exact) mass is 415 g/mol. The van der Waals surface area contributed by atoms with Crippen LogP contribution >= 0.6 is 0 Å². The number of allylic oxidation sites excluding steroid dienone is 2. The summed E-state index contributed by atoms with van der Waals surface area (Å²) < 4.78 is 16.4. The van der Waals surface area contributed by atoms with Gasteiger partial charge < -0.3 is 19.5 Å². The molecule has 0 saturated carbocycles. The molecule has 1 aliphatic rings. The third-order valence-corrected chi connectivity index (χ3v) is 5.05. The molecule has 1 aliphatic heterocycles. The highest BCUT2D eigenvalue weighted by molar-refractivity contribution is 5.98. The zero-order chi connectivity index (χ0) is 22.6. The Labute approximate surface area is 179 Å². The topological polar surface area (TPSA) is 73.9 Å². The second-order valence-corrected chi connectivity index (χ2v) is 8.15. The fourth-order valence-electron chi connectivity index (χ4n) is 3.76. The van der Waals surface area contributed by atoms with Crippen LogP contribution in [-0.4, -0.2) is 31.3 Å². The standard InChI is InChI=1S/C24H33NO5/c1-13(2)29-23(26)21-16(6)25-17(7)22(24(27)30-14(3)4)20(21)15(5)18-10-9-11-19(12-18)28-8/h9-15,20,25H,1-8H3. The number of nitrogens with one attached hydrogen (secondary N) is 1. The first-order valence-electron chi connectivity index (χ1n) is 10.3. The van der Waals surface area contributed by atoms with Crippen molar-refractivity contribution in [3.05, 3.63) is 52.4 Å². The largest absolute Gasteiger partial charge is 0.497 e. The van der Waals surface area contributed by atoms with E-state index in [1.54, 1.807) is 34.8 Å². The van der Waals surface area contributed by atoms with Gasteiger partial charge in [0, 0.05) is 17.3 Å². The van der Waals surface area contributed by atoms with Gasteiger partial charge in [-0.25, -0.2) is 9.59 Å². The minimum atomic E-state index is -0.518. The van der Waals surface area contributed by atoms with E-state index in [2.05, 4.69) is 5.32 Å². The molecule has 1 unspecified atom stereocenters. The molecule has 0 bridgehead atoms. The number of dihydropyridines is 1. The van der Waals surface area contributed by atoms with E-state index in [-0.39, 0.29) is 18.1 Å². The molecular weight excluding hydrogens is 382 g/mol. The second kappa shape index (κ2) is 9.83. The summed E-state index contributed by atoms with van der Waals surface area (Å²) in [5, 5.41) is 3.18. The summed E-state index contributed by atoms with van der Waals surface area (Å²) in [6.45, 7) is 12.9. The van der Waals surface area contributed by atoms with Gasteiger partial charge in [0.1, 0.15) is 5.75 Å². The summed E-state index contributed by atoms with van der Waals surface area (Å²) in [7, 11) is 1.61. The quantitative estimate of drug-likeness (QED) is 0.663. The fraction of sp³-hybridized carbons (Fsp3) is 0.500. The van der Waals surface area contributed by atoms with Gasteiger partial charge in [0.15, 0.2) is 0 Å². The van der Waals surface area contributed by atoms with Crippen LogP contribution in [-0.2, 0) is 19.1 Å². The van der Waals surface area contributed by atoms with E-state index in [9.17, 15) is 9.59 Å². The zero-order valence-corrected chi connectivity index (χ0v) is 19.2. The molecule has 0 radical (unpaired) electrons. The Hall–Kier alpha value is -2.76. The number of benzene rings is 1. The minimum absolute atomic E-state index is 0.198. The molecule has 30 heavy (non-hydrogen) atoms. The maximum Gasteiger partial charge on any atom is 0.336 e. The Bertz CT molecular complexity index is 822. The Morgan fingerprint density at radius 3 is 1.83 bits per heavy atom. The highest BCUT2D eigenvalue weighted by atomic mass is 16.5. The molecule has 2 rings (SSSR count). The molecule has 1 aromatic rings. The molecule has 0 amide bonds. The van der Waals surface area contributed by atoms with Gasteiger partial charge >= 0.3 is 11.9 Å². The molecule has 6 nitrogen and oxygen atoms in total. The Kier molecular flexibility index (Phi) is 7.71. The van der Waals surface area contributed by atoms with E-state index in [0.717, 1.165) is 5.56 Å². The molecule has 0 aliphatic carbocycles. The van der Waals surface area contributed by atoms with Crippen LogP contribution in [0.5, 0.6) is 5.75 Å². The van der Waals surface area contributed by atoms with Gasteiger partial charge in [-0.1, -0.05) is 19.1 Å². The van der Waals surface area contributed by atoms with Gasteiger partial charge in [0.25, 0.3) is 0 Å². The zero-order valence-electron chi connectivity index (χ0n) is 19.2. The van der Waals surface area contributed by atoms with Crippen molar-refractivity contribution in [3.8, 4) is 5.75 Å². The first kappa shape index (κ1) is 23.5. The van der Waals surface area contributed by atoms with Crippen molar-refractivity contribution < 1.29 is 23.8 Å². The SMILES string of the molecule is COc1cccc(C(C)C2C(C(=O)OC(C)C)=C(C)NC(C)=C2C(=O)OC(C)C)c1. The van der Waals surface area contributed by atoms with Gasteiger partial charge in [-0.15, -0.1) is 0 Å². The van der Waals surface area contributed by atoms with E-state index >= 15 is 0 Å². The predicted octanol–water partition coefficient (Wildman–Crippen LogP) is 4.47. The van der Waals surface area contributed by atoms with E-state index in [1.165, 1.54) is 0 Å². The van der Waals surface area contributed by atoms with Crippen LogP contribution in [0.3, 0.4) is 0 Å². The Morgan fingerprint density at radius 2 is 1.40 bits per heavy atom. The van der Waals surface area contributed by atoms with Crippen LogP contribution in [0.4, 0.5) is 0 Å². The van der Waals surface area contributed by atoms with Crippen molar-refractivity contribution in [2.75, 3.05) is 7.11 Å². The molecule has 0 saturated heterocycles. The van der Waals surface area contributed by atoms with Crippen molar-refractivity contribution in [1.29, 1.82) is 0 Å². The van der Waals surface area contributed by atoms with Crippen molar-refractivity contribution in [2.45, 2.75) is 66.6 Å². The predicted molar refractivity (Wildman–Crippen MR) is 116 cm³/mol. The molecule has 6 heteroatoms. The third-order valence-electron chi connectivity index (χ3n) is 5.05. The molecule has 0 fully saturated rings. The van der Waals surface area contributed by atoms with E-state index in [0.29, 0.717) is 28.3 Å². The number of esters is 2. The molecule has 1 N–H and O–H groups in total. The van der Waals surface area contributed by atoms with Gasteiger partial charge in [-0.2, -0.15) is 0 Å². The lowest BCUT2D eigenvalue weighted by Gasteiger charge is -2.34. The summed E-state index contributed by atoms with van der Waals surface area (Å²) in [4.78, 5) is 26.1. The summed E-state index contributed by atoms with van der Waals surface area (Å²) >= 11 is 0. The number of methoxy groups -OCH3 is 1. The Morgan fingerprint density at radius 1 is 0.900 bits per heavy atom. The van der Waals surface area contributed by atoms with Crippen molar-refractivity contribution in [3.63, 3.8) is 0 Å². The van der Waals surface area contributed by atoms with Crippen LogP contribution in [0.2, 0.25) is 0 Å². The Balaban J connectivity index is 2.61. The number of carbonyl (C=O) groups excluding carboxylic acids is 2.